The van der Waals surface area contributed by atoms with Crippen molar-refractivity contribution in [2.75, 3.05) is 0 Å². The summed E-state index contributed by atoms with van der Waals surface area (Å²) in [5, 5.41) is 4.85. The molecule has 0 aliphatic heterocycles. The van der Waals surface area contributed by atoms with E-state index in [-0.39, 0.29) is 5.56 Å². The van der Waals surface area contributed by atoms with Crippen LogP contribution in [0.5, 0.6) is 0 Å². The highest BCUT2D eigenvalue weighted by Gasteiger charge is 2.12. The number of furan rings is 1. The van der Waals surface area contributed by atoms with E-state index < -0.39 is 0 Å². The third-order valence-corrected chi connectivity index (χ3v) is 4.40. The monoisotopic (exact) mass is 407 g/mol. The van der Waals surface area contributed by atoms with Gasteiger partial charge in [-0.25, -0.2) is 4.98 Å². The largest absolute Gasteiger partial charge is 0.460 e. The third kappa shape index (κ3) is 3.11. The molecule has 26 heavy (non-hydrogen) atoms. The Hall–Kier alpha value is -2.99. The molecule has 5 nitrogen and oxygen atoms in total. The zero-order chi connectivity index (χ0) is 18.1. The number of aryl methyl sites for hydroxylation is 1. The number of hydrogen-bond donors (Lipinski definition) is 0. The number of nitrogens with zero attached hydrogens (tertiary/aromatic N) is 3. The molecule has 2 aromatic heterocycles. The molecule has 0 saturated carbocycles. The summed E-state index contributed by atoms with van der Waals surface area (Å²) < 4.78 is 7.63. The van der Waals surface area contributed by atoms with Gasteiger partial charge in [-0.2, -0.15) is 9.78 Å². The zero-order valence-electron chi connectivity index (χ0n) is 13.9. The van der Waals surface area contributed by atoms with Gasteiger partial charge in [0.15, 0.2) is 5.82 Å². The summed E-state index contributed by atoms with van der Waals surface area (Å²) in [5.74, 6) is 1.83. The maximum Gasteiger partial charge on any atom is 0.282 e. The second-order valence-electron chi connectivity index (χ2n) is 5.77. The fraction of sp³-hybridized carbons (Fsp3) is 0.0500. The van der Waals surface area contributed by atoms with E-state index in [0.717, 1.165) is 15.8 Å². The van der Waals surface area contributed by atoms with Crippen LogP contribution in [0.15, 0.2) is 79.4 Å². The Morgan fingerprint density at radius 2 is 1.92 bits per heavy atom. The quantitative estimate of drug-likeness (QED) is 0.465. The average molecular weight is 408 g/mol. The Kier molecular flexibility index (Phi) is 4.26. The molecule has 0 atom stereocenters. The van der Waals surface area contributed by atoms with Crippen LogP contribution in [-0.4, -0.2) is 15.9 Å². The van der Waals surface area contributed by atoms with Crippen molar-refractivity contribution in [2.45, 2.75) is 6.92 Å². The molecule has 0 aliphatic carbocycles. The Morgan fingerprint density at radius 3 is 2.65 bits per heavy atom. The van der Waals surface area contributed by atoms with Gasteiger partial charge in [0, 0.05) is 10.0 Å². The van der Waals surface area contributed by atoms with Crippen LogP contribution in [0.4, 0.5) is 0 Å². The van der Waals surface area contributed by atoms with Crippen LogP contribution in [0, 0.1) is 6.92 Å². The van der Waals surface area contributed by atoms with Gasteiger partial charge >= 0.3 is 0 Å². The van der Waals surface area contributed by atoms with E-state index in [2.05, 4.69) is 26.0 Å². The molecule has 0 bridgehead atoms. The maximum atomic E-state index is 13.1. The lowest BCUT2D eigenvalue weighted by molar-refractivity contribution is 0.527. The normalized spacial score (nSPS) is 11.5. The van der Waals surface area contributed by atoms with E-state index in [9.17, 15) is 4.79 Å². The second kappa shape index (κ2) is 6.72. The number of aromatic nitrogens is 2. The average Bonchev–Trinajstić information content (AvgIpc) is 3.07. The molecule has 0 fully saturated rings. The Balaban J connectivity index is 1.97. The van der Waals surface area contributed by atoms with Crippen molar-refractivity contribution in [3.8, 4) is 11.4 Å². The summed E-state index contributed by atoms with van der Waals surface area (Å²) in [6.45, 7) is 1.86. The summed E-state index contributed by atoms with van der Waals surface area (Å²) in [7, 11) is 0. The van der Waals surface area contributed by atoms with Gasteiger partial charge in [0.1, 0.15) is 11.5 Å². The van der Waals surface area contributed by atoms with Crippen molar-refractivity contribution in [3.05, 3.63) is 87.0 Å². The van der Waals surface area contributed by atoms with Crippen molar-refractivity contribution < 1.29 is 4.42 Å². The van der Waals surface area contributed by atoms with Crippen LogP contribution in [0.25, 0.3) is 22.3 Å². The summed E-state index contributed by atoms with van der Waals surface area (Å²) in [5.41, 5.74) is 1.19. The lowest BCUT2D eigenvalue weighted by Gasteiger charge is -2.09. The van der Waals surface area contributed by atoms with Gasteiger partial charge in [0.2, 0.25) is 0 Å². The van der Waals surface area contributed by atoms with Crippen molar-refractivity contribution in [3.63, 3.8) is 0 Å². The summed E-state index contributed by atoms with van der Waals surface area (Å²) in [6.07, 6.45) is 1.52. The molecule has 2 aromatic carbocycles. The van der Waals surface area contributed by atoms with Crippen molar-refractivity contribution >= 4 is 33.0 Å². The van der Waals surface area contributed by atoms with Crippen LogP contribution in [0.2, 0.25) is 0 Å². The standard InChI is InChI=1S/C20H14BrN3O2/c1-13-7-9-16(26-13)12-22-24-19(14-5-3-2-4-6-14)23-18-10-8-15(21)11-17(18)20(24)25/h2-12H,1H3/b22-12+. The summed E-state index contributed by atoms with van der Waals surface area (Å²) in [6, 6.07) is 18.6. The molecule has 128 valence electrons. The van der Waals surface area contributed by atoms with Gasteiger partial charge in [-0.1, -0.05) is 46.3 Å². The summed E-state index contributed by atoms with van der Waals surface area (Å²) >= 11 is 3.40. The minimum absolute atomic E-state index is 0.241. The highest BCUT2D eigenvalue weighted by molar-refractivity contribution is 9.10. The van der Waals surface area contributed by atoms with Crippen LogP contribution in [0.1, 0.15) is 11.5 Å². The zero-order valence-corrected chi connectivity index (χ0v) is 15.5. The number of hydrogen-bond acceptors (Lipinski definition) is 4. The Bertz CT molecular complexity index is 1180. The maximum absolute atomic E-state index is 13.1. The number of rotatable bonds is 3. The van der Waals surface area contributed by atoms with Crippen LogP contribution < -0.4 is 5.56 Å². The lowest BCUT2D eigenvalue weighted by Crippen LogP contribution is -2.20. The molecule has 2 heterocycles. The highest BCUT2D eigenvalue weighted by atomic mass is 79.9. The van der Waals surface area contributed by atoms with E-state index in [1.54, 1.807) is 12.1 Å². The number of benzene rings is 2. The smallest absolute Gasteiger partial charge is 0.282 e. The van der Waals surface area contributed by atoms with Gasteiger partial charge in [-0.05, 0) is 37.3 Å². The van der Waals surface area contributed by atoms with E-state index in [1.165, 1.54) is 10.9 Å². The first-order valence-electron chi connectivity index (χ1n) is 8.00. The molecule has 4 aromatic rings. The van der Waals surface area contributed by atoms with Gasteiger partial charge in [0.05, 0.1) is 17.1 Å². The number of halogens is 1. The van der Waals surface area contributed by atoms with Crippen LogP contribution >= 0.6 is 15.9 Å². The van der Waals surface area contributed by atoms with Crippen molar-refractivity contribution in [1.29, 1.82) is 0 Å². The molecule has 0 radical (unpaired) electrons. The fourth-order valence-corrected chi connectivity index (χ4v) is 3.03. The molecule has 6 heteroatoms. The first-order valence-corrected chi connectivity index (χ1v) is 8.80. The molecule has 0 saturated heterocycles. The minimum atomic E-state index is -0.241. The predicted octanol–water partition coefficient (Wildman–Crippen LogP) is 4.61. The first-order chi connectivity index (χ1) is 12.6. The molecule has 0 spiro atoms. The Morgan fingerprint density at radius 1 is 1.12 bits per heavy atom. The molecule has 0 amide bonds. The van der Waals surface area contributed by atoms with Gasteiger partial charge in [-0.3, -0.25) is 4.79 Å². The topological polar surface area (TPSA) is 60.4 Å². The van der Waals surface area contributed by atoms with Gasteiger partial charge < -0.3 is 4.42 Å². The molecular weight excluding hydrogens is 394 g/mol. The fourth-order valence-electron chi connectivity index (χ4n) is 2.67. The van der Waals surface area contributed by atoms with Crippen LogP contribution in [0.3, 0.4) is 0 Å². The Labute approximate surface area is 157 Å². The van der Waals surface area contributed by atoms with E-state index >= 15 is 0 Å². The second-order valence-corrected chi connectivity index (χ2v) is 6.69. The van der Waals surface area contributed by atoms with Gasteiger partial charge in [0.25, 0.3) is 5.56 Å². The first kappa shape index (κ1) is 16.5. The van der Waals surface area contributed by atoms with Gasteiger partial charge in [-0.15, -0.1) is 0 Å². The highest BCUT2D eigenvalue weighted by Crippen LogP contribution is 2.21. The van der Waals surface area contributed by atoms with E-state index in [4.69, 9.17) is 4.42 Å². The van der Waals surface area contributed by atoms with Crippen molar-refractivity contribution in [1.82, 2.24) is 9.66 Å². The number of fused-ring (bicyclic) bond motifs is 1. The van der Waals surface area contributed by atoms with Crippen LogP contribution in [-0.2, 0) is 0 Å². The minimum Gasteiger partial charge on any atom is -0.460 e. The van der Waals surface area contributed by atoms with Crippen molar-refractivity contribution in [2.24, 2.45) is 5.10 Å². The molecule has 0 unspecified atom stereocenters. The SMILES string of the molecule is Cc1ccc(/C=N/n2c(-c3ccccc3)nc3ccc(Br)cc3c2=O)o1. The van der Waals surface area contributed by atoms with E-state index in [0.29, 0.717) is 22.5 Å². The summed E-state index contributed by atoms with van der Waals surface area (Å²) in [4.78, 5) is 17.7. The lowest BCUT2D eigenvalue weighted by atomic mass is 10.2. The third-order valence-electron chi connectivity index (χ3n) is 3.90. The molecule has 0 N–H and O–H groups in total. The predicted molar refractivity (Wildman–Crippen MR) is 106 cm³/mol. The molecule has 0 aliphatic rings. The molecule has 4 rings (SSSR count). The molecular formula is C20H14BrN3O2. The van der Waals surface area contributed by atoms with E-state index in [1.807, 2.05) is 55.5 Å².